The lowest BCUT2D eigenvalue weighted by Crippen LogP contribution is -2.40. The molecule has 4 nitrogen and oxygen atoms in total. The lowest BCUT2D eigenvalue weighted by Gasteiger charge is -2.28. The van der Waals surface area contributed by atoms with Gasteiger partial charge in [0.05, 0.1) is 11.8 Å². The fraction of sp³-hybridized carbons (Fsp3) is 0.471. The summed E-state index contributed by atoms with van der Waals surface area (Å²) in [5, 5.41) is 2.03. The molecule has 1 aliphatic rings. The summed E-state index contributed by atoms with van der Waals surface area (Å²) in [5.74, 6) is 0.543. The van der Waals surface area contributed by atoms with Gasteiger partial charge in [-0.05, 0) is 30.9 Å². The number of hydrogen-bond donors (Lipinski definition) is 0. The van der Waals surface area contributed by atoms with Crippen molar-refractivity contribution in [1.82, 2.24) is 9.80 Å². The van der Waals surface area contributed by atoms with Crippen molar-refractivity contribution in [2.75, 3.05) is 20.1 Å². The average Bonchev–Trinajstić information content (AvgIpc) is 3.22. The highest BCUT2D eigenvalue weighted by atomic mass is 32.1. The molecule has 0 N–H and O–H groups in total. The predicted molar refractivity (Wildman–Crippen MR) is 88.4 cm³/mol. The van der Waals surface area contributed by atoms with E-state index in [-0.39, 0.29) is 11.9 Å². The number of aryl methyl sites for hydroxylation is 1. The van der Waals surface area contributed by atoms with Crippen LogP contribution in [0, 0.1) is 6.92 Å². The van der Waals surface area contributed by atoms with E-state index in [1.54, 1.807) is 36.3 Å². The largest absolute Gasteiger partial charge is 0.469 e. The third-order valence-corrected chi connectivity index (χ3v) is 5.20. The Morgan fingerprint density at radius 1 is 1.52 bits per heavy atom. The van der Waals surface area contributed by atoms with Crippen LogP contribution in [0.15, 0.2) is 34.3 Å². The van der Waals surface area contributed by atoms with Crippen molar-refractivity contribution in [1.29, 1.82) is 0 Å². The molecule has 0 saturated carbocycles. The third-order valence-electron chi connectivity index (χ3n) is 4.34. The quantitative estimate of drug-likeness (QED) is 0.840. The van der Waals surface area contributed by atoms with Crippen molar-refractivity contribution < 1.29 is 13.6 Å². The Kier molecular flexibility index (Phi) is 4.82. The van der Waals surface area contributed by atoms with Gasteiger partial charge in [-0.25, -0.2) is 4.39 Å². The van der Waals surface area contributed by atoms with E-state index < -0.39 is 6.17 Å². The molecule has 0 aromatic carbocycles. The Labute approximate surface area is 139 Å². The Morgan fingerprint density at radius 3 is 3.00 bits per heavy atom. The Balaban J connectivity index is 1.65. The van der Waals surface area contributed by atoms with E-state index in [2.05, 4.69) is 11.0 Å². The van der Waals surface area contributed by atoms with Crippen LogP contribution in [0.4, 0.5) is 4.39 Å². The van der Waals surface area contributed by atoms with Crippen molar-refractivity contribution in [2.24, 2.45) is 0 Å². The zero-order valence-corrected chi connectivity index (χ0v) is 14.2. The van der Waals surface area contributed by atoms with Crippen molar-refractivity contribution in [3.05, 3.63) is 46.0 Å². The summed E-state index contributed by atoms with van der Waals surface area (Å²) in [5.41, 5.74) is 0.576. The van der Waals surface area contributed by atoms with Gasteiger partial charge in [-0.3, -0.25) is 9.69 Å². The molecular weight excluding hydrogens is 315 g/mol. The summed E-state index contributed by atoms with van der Waals surface area (Å²) in [6, 6.07) is 5.81. The molecule has 1 aliphatic heterocycles. The standard InChI is InChI=1S/C17H21FN2O2S/c1-12-16(5-6-22-12)17(21)19(2)10-14-8-13(18)9-20(14)11-15-4-3-7-23-15/h3-7,13-14H,8-11H2,1-2H3/t13-,14-/m0/s1. The fourth-order valence-electron chi connectivity index (χ4n) is 3.12. The molecule has 0 aliphatic carbocycles. The fourth-order valence-corrected chi connectivity index (χ4v) is 3.85. The van der Waals surface area contributed by atoms with Crippen molar-refractivity contribution in [2.45, 2.75) is 32.1 Å². The summed E-state index contributed by atoms with van der Waals surface area (Å²) in [4.78, 5) is 17.5. The summed E-state index contributed by atoms with van der Waals surface area (Å²) in [6.07, 6.45) is 1.18. The average molecular weight is 336 g/mol. The number of likely N-dealkylation sites (tertiary alicyclic amines) is 1. The molecule has 2 aromatic heterocycles. The molecule has 0 bridgehead atoms. The highest BCUT2D eigenvalue weighted by Gasteiger charge is 2.34. The van der Waals surface area contributed by atoms with Gasteiger partial charge in [0.25, 0.3) is 5.91 Å². The van der Waals surface area contributed by atoms with Crippen molar-refractivity contribution in [3.8, 4) is 0 Å². The van der Waals surface area contributed by atoms with Gasteiger partial charge in [0.2, 0.25) is 0 Å². The topological polar surface area (TPSA) is 36.7 Å². The molecule has 2 aromatic rings. The number of amides is 1. The number of rotatable bonds is 5. The summed E-state index contributed by atoms with van der Waals surface area (Å²) >= 11 is 1.68. The van der Waals surface area contributed by atoms with E-state index in [1.165, 1.54) is 11.1 Å². The summed E-state index contributed by atoms with van der Waals surface area (Å²) in [6.45, 7) is 3.48. The van der Waals surface area contributed by atoms with Gasteiger partial charge < -0.3 is 9.32 Å². The Bertz CT molecular complexity index is 655. The lowest BCUT2D eigenvalue weighted by molar-refractivity contribution is 0.0748. The Hall–Kier alpha value is -1.66. The van der Waals surface area contributed by atoms with Crippen LogP contribution in [-0.4, -0.2) is 48.1 Å². The molecular formula is C17H21FN2O2S. The van der Waals surface area contributed by atoms with Crippen LogP contribution in [0.1, 0.15) is 27.4 Å². The normalized spacial score (nSPS) is 21.7. The minimum atomic E-state index is -0.820. The van der Waals surface area contributed by atoms with E-state index >= 15 is 0 Å². The number of carbonyl (C=O) groups is 1. The molecule has 1 fully saturated rings. The molecule has 124 valence electrons. The van der Waals surface area contributed by atoms with Gasteiger partial charge in [-0.1, -0.05) is 6.07 Å². The zero-order valence-electron chi connectivity index (χ0n) is 13.4. The smallest absolute Gasteiger partial charge is 0.257 e. The molecule has 2 atom stereocenters. The predicted octanol–water partition coefficient (Wildman–Crippen LogP) is 3.33. The van der Waals surface area contributed by atoms with Crippen LogP contribution in [0.2, 0.25) is 0 Å². The number of nitrogens with zero attached hydrogens (tertiary/aromatic N) is 2. The van der Waals surface area contributed by atoms with Crippen LogP contribution in [0.5, 0.6) is 0 Å². The minimum Gasteiger partial charge on any atom is -0.469 e. The Morgan fingerprint density at radius 2 is 2.35 bits per heavy atom. The van der Waals surface area contributed by atoms with Crippen LogP contribution in [0.3, 0.4) is 0 Å². The SMILES string of the molecule is Cc1occc1C(=O)N(C)C[C@@H]1C[C@H](F)CN1Cc1cccs1. The first-order chi connectivity index (χ1) is 11.0. The second-order valence-corrected chi connectivity index (χ2v) is 7.10. The first-order valence-electron chi connectivity index (χ1n) is 7.74. The second-order valence-electron chi connectivity index (χ2n) is 6.07. The highest BCUT2D eigenvalue weighted by molar-refractivity contribution is 7.09. The molecule has 0 spiro atoms. The van der Waals surface area contributed by atoms with E-state index in [1.807, 2.05) is 11.4 Å². The molecule has 0 unspecified atom stereocenters. The van der Waals surface area contributed by atoms with Crippen molar-refractivity contribution >= 4 is 17.2 Å². The van der Waals surface area contributed by atoms with Crippen molar-refractivity contribution in [3.63, 3.8) is 0 Å². The summed E-state index contributed by atoms with van der Waals surface area (Å²) < 4.78 is 19.1. The molecule has 23 heavy (non-hydrogen) atoms. The van der Waals surface area contributed by atoms with E-state index in [4.69, 9.17) is 4.42 Å². The van der Waals surface area contributed by atoms with Crippen LogP contribution < -0.4 is 0 Å². The van der Waals surface area contributed by atoms with Crippen LogP contribution >= 0.6 is 11.3 Å². The highest BCUT2D eigenvalue weighted by Crippen LogP contribution is 2.25. The number of carbonyl (C=O) groups excluding carboxylic acids is 1. The molecule has 6 heteroatoms. The molecule has 3 rings (SSSR count). The molecule has 0 radical (unpaired) electrons. The van der Waals surface area contributed by atoms with Gasteiger partial charge in [0.1, 0.15) is 11.9 Å². The van der Waals surface area contributed by atoms with Gasteiger partial charge in [0, 0.05) is 37.6 Å². The maximum Gasteiger partial charge on any atom is 0.257 e. The van der Waals surface area contributed by atoms with E-state index in [0.717, 1.165) is 6.54 Å². The number of hydrogen-bond acceptors (Lipinski definition) is 4. The number of furan rings is 1. The minimum absolute atomic E-state index is 0.0493. The van der Waals surface area contributed by atoms with Gasteiger partial charge >= 0.3 is 0 Å². The molecule has 1 amide bonds. The first kappa shape index (κ1) is 16.2. The van der Waals surface area contributed by atoms with Gasteiger partial charge in [0.15, 0.2) is 0 Å². The molecule has 3 heterocycles. The lowest BCUT2D eigenvalue weighted by atomic mass is 10.1. The first-order valence-corrected chi connectivity index (χ1v) is 8.62. The number of alkyl halides is 1. The third kappa shape index (κ3) is 3.64. The van der Waals surface area contributed by atoms with Gasteiger partial charge in [-0.2, -0.15) is 0 Å². The number of likely N-dealkylation sites (N-methyl/N-ethyl adjacent to an activating group) is 1. The van der Waals surface area contributed by atoms with Crippen LogP contribution in [0.25, 0.3) is 0 Å². The number of thiophene rings is 1. The van der Waals surface area contributed by atoms with Crippen LogP contribution in [-0.2, 0) is 6.54 Å². The van der Waals surface area contributed by atoms with Gasteiger partial charge in [-0.15, -0.1) is 11.3 Å². The van der Waals surface area contributed by atoms with E-state index in [9.17, 15) is 9.18 Å². The summed E-state index contributed by atoms with van der Waals surface area (Å²) in [7, 11) is 1.77. The zero-order chi connectivity index (χ0) is 16.4. The monoisotopic (exact) mass is 336 g/mol. The molecule has 1 saturated heterocycles. The maximum absolute atomic E-state index is 13.9. The second kappa shape index (κ2) is 6.84. The van der Waals surface area contributed by atoms with E-state index in [0.29, 0.717) is 30.8 Å². The number of halogens is 1. The maximum atomic E-state index is 13.9.